The summed E-state index contributed by atoms with van der Waals surface area (Å²) < 4.78 is 54.9. The van der Waals surface area contributed by atoms with Crippen molar-refractivity contribution in [2.75, 3.05) is 13.7 Å². The van der Waals surface area contributed by atoms with E-state index in [1.54, 1.807) is 17.0 Å². The van der Waals surface area contributed by atoms with Gasteiger partial charge in [-0.3, -0.25) is 4.79 Å². The minimum absolute atomic E-state index is 0.0313. The van der Waals surface area contributed by atoms with Gasteiger partial charge >= 0.3 is 10.1 Å². The molecule has 0 saturated heterocycles. The molecular formula is C27H30FNO6S. The standard InChI is InChI=1S/C27H30FNO6S/c1-4-20(2)29(27(30)19-34-18-21-8-6-5-7-9-21)17-22-10-15-25(33-3)26(16-22)35-36(31,32)24-13-11-23(28)12-14-24/h5-16,20H,4,17-19H2,1-3H3. The van der Waals surface area contributed by atoms with E-state index in [0.717, 1.165) is 36.2 Å². The highest BCUT2D eigenvalue weighted by Gasteiger charge is 2.23. The van der Waals surface area contributed by atoms with Gasteiger partial charge in [0.15, 0.2) is 11.5 Å². The van der Waals surface area contributed by atoms with E-state index >= 15 is 0 Å². The summed E-state index contributed by atoms with van der Waals surface area (Å²) in [4.78, 5) is 14.5. The number of halogens is 1. The Bertz CT molecular complexity index is 1250. The minimum Gasteiger partial charge on any atom is -0.493 e. The van der Waals surface area contributed by atoms with Crippen LogP contribution in [0.3, 0.4) is 0 Å². The molecule has 0 saturated carbocycles. The summed E-state index contributed by atoms with van der Waals surface area (Å²) in [5, 5.41) is 0. The lowest BCUT2D eigenvalue weighted by atomic mass is 10.1. The summed E-state index contributed by atoms with van der Waals surface area (Å²) in [5.41, 5.74) is 1.62. The maximum Gasteiger partial charge on any atom is 0.339 e. The Hall–Kier alpha value is -3.43. The first-order valence-corrected chi connectivity index (χ1v) is 12.9. The largest absolute Gasteiger partial charge is 0.493 e. The zero-order valence-corrected chi connectivity index (χ0v) is 21.3. The predicted molar refractivity (Wildman–Crippen MR) is 134 cm³/mol. The van der Waals surface area contributed by atoms with E-state index in [1.807, 2.05) is 44.2 Å². The molecule has 3 rings (SSSR count). The van der Waals surface area contributed by atoms with E-state index in [2.05, 4.69) is 0 Å². The van der Waals surface area contributed by atoms with Crippen LogP contribution in [0.25, 0.3) is 0 Å². The van der Waals surface area contributed by atoms with Crippen molar-refractivity contribution in [3.63, 3.8) is 0 Å². The molecule has 1 amide bonds. The predicted octanol–water partition coefficient (Wildman–Crippen LogP) is 4.95. The van der Waals surface area contributed by atoms with Gasteiger partial charge in [0, 0.05) is 12.6 Å². The number of hydrogen-bond donors (Lipinski definition) is 0. The summed E-state index contributed by atoms with van der Waals surface area (Å²) in [7, 11) is -2.84. The molecule has 0 aliphatic heterocycles. The Morgan fingerprint density at radius 1 is 0.972 bits per heavy atom. The number of hydrogen-bond acceptors (Lipinski definition) is 6. The average molecular weight is 516 g/mol. The monoisotopic (exact) mass is 515 g/mol. The first kappa shape index (κ1) is 27.2. The van der Waals surface area contributed by atoms with E-state index in [9.17, 15) is 17.6 Å². The average Bonchev–Trinajstić information content (AvgIpc) is 2.87. The summed E-state index contributed by atoms with van der Waals surface area (Å²) >= 11 is 0. The van der Waals surface area contributed by atoms with E-state index in [1.165, 1.54) is 13.2 Å². The third-order valence-corrected chi connectivity index (χ3v) is 6.91. The third kappa shape index (κ3) is 7.29. The van der Waals surface area contributed by atoms with Crippen molar-refractivity contribution in [3.05, 3.63) is 89.7 Å². The van der Waals surface area contributed by atoms with Crippen molar-refractivity contribution < 1.29 is 31.3 Å². The molecule has 0 fully saturated rings. The first-order chi connectivity index (χ1) is 17.2. The summed E-state index contributed by atoms with van der Waals surface area (Å²) in [6.07, 6.45) is 0.725. The Balaban J connectivity index is 1.76. The molecule has 0 N–H and O–H groups in total. The third-order valence-electron chi connectivity index (χ3n) is 5.66. The first-order valence-electron chi connectivity index (χ1n) is 11.5. The zero-order chi connectivity index (χ0) is 26.1. The van der Waals surface area contributed by atoms with Crippen molar-refractivity contribution in [1.29, 1.82) is 0 Å². The number of carbonyl (C=O) groups excluding carboxylic acids is 1. The molecule has 0 bridgehead atoms. The highest BCUT2D eigenvalue weighted by Crippen LogP contribution is 2.31. The number of ether oxygens (including phenoxy) is 2. The molecule has 3 aromatic rings. The van der Waals surface area contributed by atoms with Gasteiger partial charge in [0.2, 0.25) is 5.91 Å². The maximum absolute atomic E-state index is 13.2. The van der Waals surface area contributed by atoms with Crippen molar-refractivity contribution >= 4 is 16.0 Å². The van der Waals surface area contributed by atoms with Crippen molar-refractivity contribution in [3.8, 4) is 11.5 Å². The van der Waals surface area contributed by atoms with E-state index in [4.69, 9.17) is 13.7 Å². The number of carbonyl (C=O) groups is 1. The second-order valence-electron chi connectivity index (χ2n) is 8.23. The Morgan fingerprint density at radius 2 is 1.67 bits per heavy atom. The van der Waals surface area contributed by atoms with Crippen LogP contribution < -0.4 is 8.92 Å². The molecule has 1 atom stereocenters. The molecule has 0 spiro atoms. The van der Waals surface area contributed by atoms with Crippen LogP contribution in [0.1, 0.15) is 31.4 Å². The van der Waals surface area contributed by atoms with Gasteiger partial charge in [-0.15, -0.1) is 0 Å². The van der Waals surface area contributed by atoms with Gasteiger partial charge in [0.05, 0.1) is 13.7 Å². The second kappa shape index (κ2) is 12.5. The van der Waals surface area contributed by atoms with Gasteiger partial charge in [-0.05, 0) is 60.9 Å². The molecule has 1 unspecified atom stereocenters. The molecule has 0 aliphatic rings. The van der Waals surface area contributed by atoms with Crippen molar-refractivity contribution in [2.45, 2.75) is 44.4 Å². The van der Waals surface area contributed by atoms with Gasteiger partial charge in [-0.1, -0.05) is 43.3 Å². The van der Waals surface area contributed by atoms with Gasteiger partial charge < -0.3 is 18.6 Å². The molecular weight excluding hydrogens is 485 g/mol. The molecule has 0 aliphatic carbocycles. The minimum atomic E-state index is -4.23. The normalized spacial score (nSPS) is 12.1. The van der Waals surface area contributed by atoms with Crippen LogP contribution in [0.5, 0.6) is 11.5 Å². The van der Waals surface area contributed by atoms with Crippen LogP contribution in [0.2, 0.25) is 0 Å². The van der Waals surface area contributed by atoms with E-state index < -0.39 is 15.9 Å². The van der Waals surface area contributed by atoms with Crippen molar-refractivity contribution in [1.82, 2.24) is 4.90 Å². The maximum atomic E-state index is 13.2. The molecule has 192 valence electrons. The smallest absolute Gasteiger partial charge is 0.339 e. The van der Waals surface area contributed by atoms with Crippen molar-refractivity contribution in [2.24, 2.45) is 0 Å². The molecule has 0 radical (unpaired) electrons. The van der Waals surface area contributed by atoms with E-state index in [-0.39, 0.29) is 41.5 Å². The van der Waals surface area contributed by atoms with Gasteiger partial charge in [-0.2, -0.15) is 8.42 Å². The fourth-order valence-corrected chi connectivity index (χ4v) is 4.40. The summed E-state index contributed by atoms with van der Waals surface area (Å²) in [5.74, 6) is -0.568. The Morgan fingerprint density at radius 3 is 2.31 bits per heavy atom. The fraction of sp³-hybridized carbons (Fsp3) is 0.296. The number of rotatable bonds is 12. The number of amides is 1. The van der Waals surface area contributed by atoms with Crippen LogP contribution in [-0.2, 0) is 32.8 Å². The lowest BCUT2D eigenvalue weighted by Gasteiger charge is -2.29. The van der Waals surface area contributed by atoms with Gasteiger partial charge in [-0.25, -0.2) is 4.39 Å². The van der Waals surface area contributed by atoms with Gasteiger partial charge in [0.1, 0.15) is 17.3 Å². The number of methoxy groups -OCH3 is 1. The SMILES string of the molecule is CCC(C)N(Cc1ccc(OC)c(OS(=O)(=O)c2ccc(F)cc2)c1)C(=O)COCc1ccccc1. The van der Waals surface area contributed by atoms with Gasteiger partial charge in [0.25, 0.3) is 0 Å². The van der Waals surface area contributed by atoms with E-state index in [0.29, 0.717) is 12.2 Å². The summed E-state index contributed by atoms with van der Waals surface area (Å²) in [6.45, 7) is 4.38. The van der Waals surface area contributed by atoms with Crippen LogP contribution in [-0.4, -0.2) is 39.0 Å². The lowest BCUT2D eigenvalue weighted by molar-refractivity contribution is -0.139. The summed E-state index contributed by atoms with van der Waals surface area (Å²) in [6, 6.07) is 18.7. The van der Waals surface area contributed by atoms with Crippen LogP contribution in [0, 0.1) is 5.82 Å². The number of benzene rings is 3. The molecule has 7 nitrogen and oxygen atoms in total. The molecule has 36 heavy (non-hydrogen) atoms. The topological polar surface area (TPSA) is 82.1 Å². The zero-order valence-electron chi connectivity index (χ0n) is 20.5. The Labute approximate surface area is 211 Å². The highest BCUT2D eigenvalue weighted by atomic mass is 32.2. The lowest BCUT2D eigenvalue weighted by Crippen LogP contribution is -2.40. The van der Waals surface area contributed by atoms with Crippen LogP contribution in [0.4, 0.5) is 4.39 Å². The molecule has 0 aromatic heterocycles. The fourth-order valence-electron chi connectivity index (χ4n) is 3.47. The Kier molecular flexibility index (Phi) is 9.44. The van der Waals surface area contributed by atoms with Crippen LogP contribution >= 0.6 is 0 Å². The quantitative estimate of drug-likeness (QED) is 0.318. The molecule has 3 aromatic carbocycles. The highest BCUT2D eigenvalue weighted by molar-refractivity contribution is 7.87. The number of nitrogens with zero attached hydrogens (tertiary/aromatic N) is 1. The molecule has 0 heterocycles. The second-order valence-corrected chi connectivity index (χ2v) is 9.78. The molecule has 9 heteroatoms. The van der Waals surface area contributed by atoms with Crippen LogP contribution in [0.15, 0.2) is 77.7 Å².